The van der Waals surface area contributed by atoms with Gasteiger partial charge in [0.05, 0.1) is 39.4 Å². The van der Waals surface area contributed by atoms with Gasteiger partial charge < -0.3 is 9.47 Å². The average Bonchev–Trinajstić information content (AvgIpc) is 2.80. The average molecular weight is 342 g/mol. The highest BCUT2D eigenvalue weighted by Gasteiger charge is 2.37. The Hall–Kier alpha value is -1.06. The van der Waals surface area contributed by atoms with Crippen molar-refractivity contribution < 1.29 is 17.9 Å². The Balaban J connectivity index is 1.70. The molecule has 22 heavy (non-hydrogen) atoms. The van der Waals surface area contributed by atoms with Crippen LogP contribution in [0.25, 0.3) is 10.2 Å². The number of ether oxygens (including phenoxy) is 2. The van der Waals surface area contributed by atoms with Gasteiger partial charge in [-0.25, -0.2) is 13.4 Å². The molecule has 2 heterocycles. The van der Waals surface area contributed by atoms with Crippen LogP contribution in [-0.4, -0.2) is 57.2 Å². The van der Waals surface area contributed by atoms with Crippen LogP contribution >= 0.6 is 11.3 Å². The third-order valence-corrected chi connectivity index (χ3v) is 6.32. The molecule has 0 bridgehead atoms. The van der Waals surface area contributed by atoms with Gasteiger partial charge in [0, 0.05) is 20.2 Å². The van der Waals surface area contributed by atoms with E-state index in [1.165, 1.54) is 15.6 Å². The van der Waals surface area contributed by atoms with Gasteiger partial charge in [-0.05, 0) is 25.1 Å². The molecular weight excluding hydrogens is 324 g/mol. The van der Waals surface area contributed by atoms with Gasteiger partial charge in [-0.2, -0.15) is 4.31 Å². The van der Waals surface area contributed by atoms with Crippen LogP contribution in [0.3, 0.4) is 0 Å². The summed E-state index contributed by atoms with van der Waals surface area (Å²) in [5.41, 5.74) is 0.839. The molecule has 0 aliphatic carbocycles. The maximum atomic E-state index is 12.6. The third kappa shape index (κ3) is 3.02. The lowest BCUT2D eigenvalue weighted by Gasteiger charge is -2.37. The van der Waals surface area contributed by atoms with Crippen molar-refractivity contribution in [3.63, 3.8) is 0 Å². The SMILES string of the molecule is COCCOC1CN(S(=O)(=O)c2ccc3nc(C)sc3c2)C1. The summed E-state index contributed by atoms with van der Waals surface area (Å²) in [5, 5.41) is 0.931. The minimum atomic E-state index is -3.45. The van der Waals surface area contributed by atoms with Gasteiger partial charge in [0.1, 0.15) is 0 Å². The fraction of sp³-hybridized carbons (Fsp3) is 0.500. The quantitative estimate of drug-likeness (QED) is 0.747. The molecule has 0 atom stereocenters. The Morgan fingerprint density at radius 1 is 1.36 bits per heavy atom. The van der Waals surface area contributed by atoms with Gasteiger partial charge in [-0.3, -0.25) is 0 Å². The summed E-state index contributed by atoms with van der Waals surface area (Å²) in [7, 11) is -1.84. The molecule has 1 aliphatic heterocycles. The predicted octanol–water partition coefficient (Wildman–Crippen LogP) is 1.64. The van der Waals surface area contributed by atoms with E-state index in [-0.39, 0.29) is 6.10 Å². The summed E-state index contributed by atoms with van der Waals surface area (Å²) in [6.07, 6.45) is -0.0423. The zero-order valence-electron chi connectivity index (χ0n) is 12.5. The molecule has 0 N–H and O–H groups in total. The molecular formula is C14H18N2O4S2. The summed E-state index contributed by atoms with van der Waals surface area (Å²) in [6, 6.07) is 5.09. The van der Waals surface area contributed by atoms with Crippen LogP contribution in [0.1, 0.15) is 5.01 Å². The van der Waals surface area contributed by atoms with Crippen molar-refractivity contribution in [2.45, 2.75) is 17.9 Å². The van der Waals surface area contributed by atoms with E-state index in [0.717, 1.165) is 15.2 Å². The lowest BCUT2D eigenvalue weighted by molar-refractivity contribution is -0.0380. The van der Waals surface area contributed by atoms with E-state index in [0.29, 0.717) is 31.2 Å². The molecule has 2 aromatic rings. The number of aromatic nitrogens is 1. The Kier molecular flexibility index (Phi) is 4.47. The first-order valence-corrected chi connectivity index (χ1v) is 9.24. The van der Waals surface area contributed by atoms with Gasteiger partial charge in [0.15, 0.2) is 0 Å². The molecule has 0 amide bonds. The number of fused-ring (bicyclic) bond motifs is 1. The standard InChI is InChI=1S/C14H18N2O4S2/c1-10-15-13-4-3-12(7-14(13)21-10)22(17,18)16-8-11(9-16)20-6-5-19-2/h3-4,7,11H,5-6,8-9H2,1-2H3. The first-order chi connectivity index (χ1) is 10.5. The zero-order valence-corrected chi connectivity index (χ0v) is 14.1. The maximum Gasteiger partial charge on any atom is 0.243 e. The minimum absolute atomic E-state index is 0.0423. The summed E-state index contributed by atoms with van der Waals surface area (Å²) in [4.78, 5) is 4.67. The minimum Gasteiger partial charge on any atom is -0.382 e. The lowest BCUT2D eigenvalue weighted by atomic mass is 10.2. The highest BCUT2D eigenvalue weighted by atomic mass is 32.2. The fourth-order valence-electron chi connectivity index (χ4n) is 2.33. The van der Waals surface area contributed by atoms with Crippen molar-refractivity contribution in [2.75, 3.05) is 33.4 Å². The van der Waals surface area contributed by atoms with Crippen LogP contribution in [0.15, 0.2) is 23.1 Å². The van der Waals surface area contributed by atoms with Crippen molar-refractivity contribution in [3.8, 4) is 0 Å². The van der Waals surface area contributed by atoms with Crippen molar-refractivity contribution in [1.82, 2.24) is 9.29 Å². The molecule has 1 aliphatic rings. The molecule has 1 saturated heterocycles. The molecule has 6 nitrogen and oxygen atoms in total. The normalized spacial score (nSPS) is 17.0. The number of rotatable bonds is 6. The zero-order chi connectivity index (χ0) is 15.7. The molecule has 0 radical (unpaired) electrons. The predicted molar refractivity (Wildman–Crippen MR) is 84.7 cm³/mol. The lowest BCUT2D eigenvalue weighted by Crippen LogP contribution is -2.54. The molecule has 0 unspecified atom stereocenters. The van der Waals surface area contributed by atoms with Crippen LogP contribution in [0.2, 0.25) is 0 Å². The number of hydrogen-bond donors (Lipinski definition) is 0. The number of sulfonamides is 1. The van der Waals surface area contributed by atoms with E-state index in [9.17, 15) is 8.42 Å². The Labute approximate surface area is 133 Å². The first kappa shape index (κ1) is 15.8. The summed E-state index contributed by atoms with van der Waals surface area (Å²) in [6.45, 7) is 3.71. The van der Waals surface area contributed by atoms with E-state index in [2.05, 4.69) is 4.98 Å². The number of methoxy groups -OCH3 is 1. The van der Waals surface area contributed by atoms with Gasteiger partial charge in [-0.15, -0.1) is 11.3 Å². The topological polar surface area (TPSA) is 68.7 Å². The molecule has 1 fully saturated rings. The summed E-state index contributed by atoms with van der Waals surface area (Å²) < 4.78 is 37.9. The van der Waals surface area contributed by atoms with Crippen LogP contribution in [0.4, 0.5) is 0 Å². The van der Waals surface area contributed by atoms with Gasteiger partial charge in [-0.1, -0.05) is 0 Å². The van der Waals surface area contributed by atoms with Gasteiger partial charge in [0.25, 0.3) is 0 Å². The van der Waals surface area contributed by atoms with Gasteiger partial charge in [0.2, 0.25) is 10.0 Å². The smallest absolute Gasteiger partial charge is 0.243 e. The Morgan fingerprint density at radius 3 is 2.86 bits per heavy atom. The van der Waals surface area contributed by atoms with Crippen molar-refractivity contribution in [1.29, 1.82) is 0 Å². The van der Waals surface area contributed by atoms with Gasteiger partial charge >= 0.3 is 0 Å². The third-order valence-electron chi connectivity index (χ3n) is 3.56. The second-order valence-electron chi connectivity index (χ2n) is 5.17. The molecule has 8 heteroatoms. The highest BCUT2D eigenvalue weighted by Crippen LogP contribution is 2.28. The molecule has 120 valence electrons. The number of hydrogen-bond acceptors (Lipinski definition) is 6. The molecule has 0 saturated carbocycles. The number of nitrogens with zero attached hydrogens (tertiary/aromatic N) is 2. The number of aryl methyl sites for hydroxylation is 1. The molecule has 1 aromatic carbocycles. The van der Waals surface area contributed by atoms with Crippen molar-refractivity contribution in [2.24, 2.45) is 0 Å². The molecule has 0 spiro atoms. The monoisotopic (exact) mass is 342 g/mol. The van der Waals surface area contributed by atoms with Crippen molar-refractivity contribution >= 4 is 31.6 Å². The Bertz CT molecular complexity index is 766. The largest absolute Gasteiger partial charge is 0.382 e. The van der Waals surface area contributed by atoms with Crippen LogP contribution in [0.5, 0.6) is 0 Å². The van der Waals surface area contributed by atoms with Crippen LogP contribution in [-0.2, 0) is 19.5 Å². The summed E-state index contributed by atoms with van der Waals surface area (Å²) >= 11 is 1.50. The summed E-state index contributed by atoms with van der Waals surface area (Å²) in [5.74, 6) is 0. The highest BCUT2D eigenvalue weighted by molar-refractivity contribution is 7.89. The molecule has 1 aromatic heterocycles. The second kappa shape index (κ2) is 6.21. The van der Waals surface area contributed by atoms with E-state index in [1.807, 2.05) is 6.92 Å². The molecule has 3 rings (SSSR count). The van der Waals surface area contributed by atoms with Crippen LogP contribution in [0, 0.1) is 6.92 Å². The number of thiazole rings is 1. The first-order valence-electron chi connectivity index (χ1n) is 6.98. The Morgan fingerprint density at radius 2 is 2.14 bits per heavy atom. The van der Waals surface area contributed by atoms with Crippen molar-refractivity contribution in [3.05, 3.63) is 23.2 Å². The van der Waals surface area contributed by atoms with Crippen LogP contribution < -0.4 is 0 Å². The second-order valence-corrected chi connectivity index (χ2v) is 8.34. The van der Waals surface area contributed by atoms with E-state index >= 15 is 0 Å². The van der Waals surface area contributed by atoms with E-state index < -0.39 is 10.0 Å². The van der Waals surface area contributed by atoms with E-state index in [1.54, 1.807) is 25.3 Å². The number of benzene rings is 1. The maximum absolute atomic E-state index is 12.6. The van der Waals surface area contributed by atoms with E-state index in [4.69, 9.17) is 9.47 Å². The fourth-order valence-corrected chi connectivity index (χ4v) is 4.80.